The van der Waals surface area contributed by atoms with Crippen LogP contribution in [-0.2, 0) is 0 Å². The molecule has 1 aromatic heterocycles. The zero-order valence-corrected chi connectivity index (χ0v) is 11.0. The highest BCUT2D eigenvalue weighted by Gasteiger charge is 2.15. The summed E-state index contributed by atoms with van der Waals surface area (Å²) in [6.45, 7) is 1.72. The first-order chi connectivity index (χ1) is 8.72. The summed E-state index contributed by atoms with van der Waals surface area (Å²) in [5.41, 5.74) is 0.774. The van der Waals surface area contributed by atoms with Crippen molar-refractivity contribution in [2.24, 2.45) is 0 Å². The minimum atomic E-state index is -0.597. The molecule has 1 atom stereocenters. The summed E-state index contributed by atoms with van der Waals surface area (Å²) in [6.07, 6.45) is 4.37. The van der Waals surface area contributed by atoms with E-state index in [4.69, 9.17) is 4.74 Å². The number of benzene rings is 1. The maximum Gasteiger partial charge on any atom is 0.125 e. The van der Waals surface area contributed by atoms with Gasteiger partial charge in [-0.1, -0.05) is 17.8 Å². The molecule has 0 saturated heterocycles. The van der Waals surface area contributed by atoms with Crippen LogP contribution < -0.4 is 4.74 Å². The highest BCUT2D eigenvalue weighted by atomic mass is 32.2. The summed E-state index contributed by atoms with van der Waals surface area (Å²) in [6, 6.07) is 5.66. The Kier molecular flexibility index (Phi) is 4.17. The zero-order valence-electron chi connectivity index (χ0n) is 10.2. The molecule has 0 saturated carbocycles. The lowest BCUT2D eigenvalue weighted by atomic mass is 10.1. The molecule has 2 rings (SSSR count). The largest absolute Gasteiger partial charge is 0.496 e. The molecule has 94 valence electrons. The van der Waals surface area contributed by atoms with Gasteiger partial charge in [0, 0.05) is 22.9 Å². The summed E-state index contributed by atoms with van der Waals surface area (Å²) in [5, 5.41) is 10.6. The highest BCUT2D eigenvalue weighted by molar-refractivity contribution is 7.99. The average Bonchev–Trinajstić information content (AvgIpc) is 2.39. The highest BCUT2D eigenvalue weighted by Crippen LogP contribution is 2.37. The second-order valence-electron chi connectivity index (χ2n) is 3.69. The van der Waals surface area contributed by atoms with Gasteiger partial charge in [-0.2, -0.15) is 0 Å². The van der Waals surface area contributed by atoms with Crippen molar-refractivity contribution in [1.82, 2.24) is 9.97 Å². The van der Waals surface area contributed by atoms with Gasteiger partial charge >= 0.3 is 0 Å². The molecule has 4 nitrogen and oxygen atoms in total. The summed E-state index contributed by atoms with van der Waals surface area (Å²) in [7, 11) is 1.60. The van der Waals surface area contributed by atoms with Gasteiger partial charge in [0.15, 0.2) is 0 Å². The van der Waals surface area contributed by atoms with E-state index in [1.54, 1.807) is 32.6 Å². The third-order valence-electron chi connectivity index (χ3n) is 2.42. The zero-order chi connectivity index (χ0) is 13.0. The lowest BCUT2D eigenvalue weighted by Gasteiger charge is -2.15. The molecule has 2 aromatic rings. The summed E-state index contributed by atoms with van der Waals surface area (Å²) >= 11 is 1.46. The van der Waals surface area contributed by atoms with Crippen LogP contribution in [-0.4, -0.2) is 22.2 Å². The number of ether oxygens (including phenoxy) is 1. The quantitative estimate of drug-likeness (QED) is 0.918. The van der Waals surface area contributed by atoms with E-state index in [1.165, 1.54) is 11.8 Å². The van der Waals surface area contributed by atoms with Crippen molar-refractivity contribution >= 4 is 11.8 Å². The predicted octanol–water partition coefficient (Wildman–Crippen LogP) is 2.69. The first-order valence-electron chi connectivity index (χ1n) is 5.51. The van der Waals surface area contributed by atoms with Crippen LogP contribution in [0.3, 0.4) is 0 Å². The molecule has 0 spiro atoms. The Hall–Kier alpha value is -1.59. The Labute approximate surface area is 110 Å². The summed E-state index contributed by atoms with van der Waals surface area (Å²) in [4.78, 5) is 9.15. The molecule has 0 radical (unpaired) electrons. The molecular formula is C13H14N2O2S. The van der Waals surface area contributed by atoms with Gasteiger partial charge in [0.1, 0.15) is 10.8 Å². The SMILES string of the molecule is COc1cccc(Sc2cnccn2)c1[C@@H](C)O. The van der Waals surface area contributed by atoms with Gasteiger partial charge in [0.25, 0.3) is 0 Å². The van der Waals surface area contributed by atoms with Crippen molar-refractivity contribution in [2.45, 2.75) is 22.9 Å². The van der Waals surface area contributed by atoms with Crippen molar-refractivity contribution in [3.8, 4) is 5.75 Å². The van der Waals surface area contributed by atoms with Crippen LogP contribution >= 0.6 is 11.8 Å². The fourth-order valence-corrected chi connectivity index (χ4v) is 2.63. The number of methoxy groups -OCH3 is 1. The maximum absolute atomic E-state index is 9.87. The Morgan fingerprint density at radius 3 is 2.78 bits per heavy atom. The van der Waals surface area contributed by atoms with Crippen molar-refractivity contribution in [3.63, 3.8) is 0 Å². The standard InChI is InChI=1S/C13H14N2O2S/c1-9(16)13-10(17-2)4-3-5-11(13)18-12-8-14-6-7-15-12/h3-9,16H,1-2H3/t9-/m1/s1. The molecule has 0 aliphatic rings. The van der Waals surface area contributed by atoms with Gasteiger partial charge in [-0.3, -0.25) is 4.98 Å². The molecular weight excluding hydrogens is 248 g/mol. The van der Waals surface area contributed by atoms with E-state index in [1.807, 2.05) is 18.2 Å². The number of hydrogen-bond acceptors (Lipinski definition) is 5. The van der Waals surface area contributed by atoms with Gasteiger partial charge < -0.3 is 9.84 Å². The van der Waals surface area contributed by atoms with E-state index in [2.05, 4.69) is 9.97 Å². The van der Waals surface area contributed by atoms with Gasteiger partial charge in [0.2, 0.25) is 0 Å². The number of aliphatic hydroxyl groups is 1. The van der Waals surface area contributed by atoms with Crippen LogP contribution in [0.1, 0.15) is 18.6 Å². The topological polar surface area (TPSA) is 55.2 Å². The van der Waals surface area contributed by atoms with Crippen LogP contribution in [0.4, 0.5) is 0 Å². The van der Waals surface area contributed by atoms with E-state index in [9.17, 15) is 5.11 Å². The van der Waals surface area contributed by atoms with Crippen LogP contribution in [0.2, 0.25) is 0 Å². The summed E-state index contributed by atoms with van der Waals surface area (Å²) < 4.78 is 5.28. The monoisotopic (exact) mass is 262 g/mol. The second-order valence-corrected chi connectivity index (χ2v) is 4.76. The fraction of sp³-hybridized carbons (Fsp3) is 0.231. The number of hydrogen-bond donors (Lipinski definition) is 1. The molecule has 0 unspecified atom stereocenters. The second kappa shape index (κ2) is 5.84. The minimum absolute atomic E-state index is 0.597. The Bertz CT molecular complexity index is 518. The van der Waals surface area contributed by atoms with Gasteiger partial charge in [-0.05, 0) is 19.1 Å². The van der Waals surface area contributed by atoms with Gasteiger partial charge in [0.05, 0.1) is 19.4 Å². The average molecular weight is 262 g/mol. The molecule has 0 bridgehead atoms. The number of aliphatic hydroxyl groups excluding tert-OH is 1. The van der Waals surface area contributed by atoms with Crippen molar-refractivity contribution in [1.29, 1.82) is 0 Å². The van der Waals surface area contributed by atoms with Crippen LogP contribution in [0.25, 0.3) is 0 Å². The predicted molar refractivity (Wildman–Crippen MR) is 69.8 cm³/mol. The third kappa shape index (κ3) is 2.80. The molecule has 1 N–H and O–H groups in total. The Morgan fingerprint density at radius 2 is 2.17 bits per heavy atom. The number of nitrogens with zero attached hydrogens (tertiary/aromatic N) is 2. The van der Waals surface area contributed by atoms with Crippen LogP contribution in [0.15, 0.2) is 46.7 Å². The van der Waals surface area contributed by atoms with Crippen molar-refractivity contribution < 1.29 is 9.84 Å². The number of rotatable bonds is 4. The molecule has 5 heteroatoms. The smallest absolute Gasteiger partial charge is 0.125 e. The van der Waals surface area contributed by atoms with E-state index in [0.29, 0.717) is 5.75 Å². The summed E-state index contributed by atoms with van der Waals surface area (Å²) in [5.74, 6) is 0.680. The van der Waals surface area contributed by atoms with E-state index in [-0.39, 0.29) is 0 Å². The molecule has 18 heavy (non-hydrogen) atoms. The van der Waals surface area contributed by atoms with Crippen molar-refractivity contribution in [3.05, 3.63) is 42.4 Å². The molecule has 0 aliphatic carbocycles. The van der Waals surface area contributed by atoms with E-state index in [0.717, 1.165) is 15.5 Å². The van der Waals surface area contributed by atoms with Gasteiger partial charge in [-0.15, -0.1) is 0 Å². The molecule has 1 aromatic carbocycles. The molecule has 1 heterocycles. The van der Waals surface area contributed by atoms with Crippen LogP contribution in [0.5, 0.6) is 5.75 Å². The Balaban J connectivity index is 2.38. The van der Waals surface area contributed by atoms with E-state index < -0.39 is 6.10 Å². The first kappa shape index (κ1) is 12.9. The lowest BCUT2D eigenvalue weighted by molar-refractivity contribution is 0.191. The maximum atomic E-state index is 9.87. The van der Waals surface area contributed by atoms with Gasteiger partial charge in [-0.25, -0.2) is 4.98 Å². The Morgan fingerprint density at radius 1 is 1.33 bits per heavy atom. The molecule has 0 fully saturated rings. The third-order valence-corrected chi connectivity index (χ3v) is 3.41. The normalized spacial score (nSPS) is 12.2. The first-order valence-corrected chi connectivity index (χ1v) is 6.33. The van der Waals surface area contributed by atoms with Crippen LogP contribution in [0, 0.1) is 0 Å². The number of aromatic nitrogens is 2. The molecule has 0 aliphatic heterocycles. The molecule has 0 amide bonds. The fourth-order valence-electron chi connectivity index (χ4n) is 1.65. The lowest BCUT2D eigenvalue weighted by Crippen LogP contribution is -1.99. The van der Waals surface area contributed by atoms with Crippen molar-refractivity contribution in [2.75, 3.05) is 7.11 Å². The minimum Gasteiger partial charge on any atom is -0.496 e. The van der Waals surface area contributed by atoms with E-state index >= 15 is 0 Å².